The summed E-state index contributed by atoms with van der Waals surface area (Å²) in [4.78, 5) is 4.92. The summed E-state index contributed by atoms with van der Waals surface area (Å²) in [7, 11) is 0. The summed E-state index contributed by atoms with van der Waals surface area (Å²) < 4.78 is 5.70. The van der Waals surface area contributed by atoms with Gasteiger partial charge in [-0.05, 0) is 31.4 Å². The molecule has 1 aromatic rings. The first-order chi connectivity index (χ1) is 10.6. The topological polar surface area (TPSA) is 39.9 Å². The molecule has 0 bridgehead atoms. The number of hydrogen-bond acceptors (Lipinski definition) is 4. The molecule has 22 heavy (non-hydrogen) atoms. The molecule has 0 radical (unpaired) electrons. The lowest BCUT2D eigenvalue weighted by Gasteiger charge is -2.40. The maximum atomic E-state index is 9.36. The molecule has 1 aliphatic rings. The summed E-state index contributed by atoms with van der Waals surface area (Å²) in [6.07, 6.45) is 5.36. The van der Waals surface area contributed by atoms with E-state index in [2.05, 4.69) is 41.9 Å². The van der Waals surface area contributed by atoms with Crippen molar-refractivity contribution in [2.45, 2.75) is 39.8 Å². The lowest BCUT2D eigenvalue weighted by Crippen LogP contribution is -2.52. The highest BCUT2D eigenvalue weighted by Crippen LogP contribution is 2.18. The van der Waals surface area contributed by atoms with E-state index in [-0.39, 0.29) is 6.61 Å². The molecule has 1 atom stereocenters. The Morgan fingerprint density at radius 3 is 2.82 bits per heavy atom. The zero-order valence-electron chi connectivity index (χ0n) is 14.2. The molecule has 0 aromatic carbocycles. The van der Waals surface area contributed by atoms with Crippen molar-refractivity contribution in [3.8, 4) is 0 Å². The number of aliphatic hydroxyl groups excluding tert-OH is 1. The molecule has 2 heterocycles. The molecule has 1 saturated heterocycles. The third-order valence-corrected chi connectivity index (χ3v) is 4.19. The maximum Gasteiger partial charge on any atom is 0.118 e. The summed E-state index contributed by atoms with van der Waals surface area (Å²) >= 11 is 0. The van der Waals surface area contributed by atoms with Crippen molar-refractivity contribution in [3.63, 3.8) is 0 Å². The fourth-order valence-electron chi connectivity index (χ4n) is 3.01. The average Bonchev–Trinajstić information content (AvgIpc) is 2.87. The Morgan fingerprint density at radius 2 is 2.18 bits per heavy atom. The highest BCUT2D eigenvalue weighted by molar-refractivity contribution is 5.06. The van der Waals surface area contributed by atoms with Crippen LogP contribution < -0.4 is 0 Å². The van der Waals surface area contributed by atoms with Gasteiger partial charge in [0, 0.05) is 38.8 Å². The Bertz CT molecular complexity index is 467. The second kappa shape index (κ2) is 8.51. The van der Waals surface area contributed by atoms with E-state index in [9.17, 15) is 5.11 Å². The van der Waals surface area contributed by atoms with Crippen LogP contribution in [0.1, 0.15) is 31.8 Å². The highest BCUT2D eigenvalue weighted by atomic mass is 16.3. The normalized spacial score (nSPS) is 21.2. The van der Waals surface area contributed by atoms with Crippen LogP contribution in [0.2, 0.25) is 0 Å². The van der Waals surface area contributed by atoms with Gasteiger partial charge in [-0.3, -0.25) is 9.80 Å². The molecule has 1 N–H and O–H groups in total. The average molecular weight is 306 g/mol. The second-order valence-corrected chi connectivity index (χ2v) is 6.58. The van der Waals surface area contributed by atoms with Gasteiger partial charge in [0.2, 0.25) is 0 Å². The molecule has 0 aliphatic carbocycles. The fourth-order valence-corrected chi connectivity index (χ4v) is 3.01. The third-order valence-electron chi connectivity index (χ3n) is 4.19. The minimum absolute atomic E-state index is 0.244. The summed E-state index contributed by atoms with van der Waals surface area (Å²) in [6.45, 7) is 11.6. The Balaban J connectivity index is 1.90. The molecule has 0 spiro atoms. The number of aliphatic hydroxyl groups is 1. The van der Waals surface area contributed by atoms with Gasteiger partial charge in [-0.25, -0.2) is 0 Å². The van der Waals surface area contributed by atoms with Crippen molar-refractivity contribution >= 4 is 0 Å². The molecule has 0 amide bonds. The number of nitrogens with zero attached hydrogens (tertiary/aromatic N) is 2. The summed E-state index contributed by atoms with van der Waals surface area (Å²) in [5.41, 5.74) is 0. The molecule has 124 valence electrons. The van der Waals surface area contributed by atoms with E-state index in [1.807, 2.05) is 13.0 Å². The lowest BCUT2D eigenvalue weighted by molar-refractivity contribution is 0.0546. The van der Waals surface area contributed by atoms with Crippen LogP contribution in [0, 0.1) is 12.8 Å². The molecule has 4 heteroatoms. The van der Waals surface area contributed by atoms with E-state index in [0.29, 0.717) is 12.0 Å². The van der Waals surface area contributed by atoms with Crippen LogP contribution in [0.4, 0.5) is 0 Å². The Kier molecular flexibility index (Phi) is 6.68. The summed E-state index contributed by atoms with van der Waals surface area (Å²) in [5.74, 6) is 2.59. The monoisotopic (exact) mass is 306 g/mol. The Hall–Kier alpha value is -1.10. The quantitative estimate of drug-likeness (QED) is 0.786. The van der Waals surface area contributed by atoms with Gasteiger partial charge >= 0.3 is 0 Å². The van der Waals surface area contributed by atoms with Crippen LogP contribution in [0.5, 0.6) is 0 Å². The number of piperazine rings is 1. The van der Waals surface area contributed by atoms with Crippen LogP contribution in [-0.2, 0) is 6.54 Å². The SMILES string of the molecule is Cc1ccc(CN2CCN(C/C=C/C(C)C)C[C@@H]2CCO)o1. The van der Waals surface area contributed by atoms with Crippen molar-refractivity contribution in [2.24, 2.45) is 5.92 Å². The van der Waals surface area contributed by atoms with Gasteiger partial charge in [-0.1, -0.05) is 26.0 Å². The van der Waals surface area contributed by atoms with Gasteiger partial charge in [-0.15, -0.1) is 0 Å². The molecule has 4 nitrogen and oxygen atoms in total. The molecule has 1 aromatic heterocycles. The van der Waals surface area contributed by atoms with Gasteiger partial charge in [0.15, 0.2) is 0 Å². The first kappa shape index (κ1) is 17.3. The predicted octanol–water partition coefficient (Wildman–Crippen LogP) is 2.67. The number of furan rings is 1. The summed E-state index contributed by atoms with van der Waals surface area (Å²) in [5, 5.41) is 9.36. The first-order valence-corrected chi connectivity index (χ1v) is 8.37. The van der Waals surface area contributed by atoms with Crippen LogP contribution in [0.3, 0.4) is 0 Å². The van der Waals surface area contributed by atoms with E-state index in [1.165, 1.54) is 0 Å². The van der Waals surface area contributed by atoms with E-state index >= 15 is 0 Å². The lowest BCUT2D eigenvalue weighted by atomic mass is 10.1. The third kappa shape index (κ3) is 5.27. The molecule has 2 rings (SSSR count). The van der Waals surface area contributed by atoms with Gasteiger partial charge < -0.3 is 9.52 Å². The van der Waals surface area contributed by atoms with Crippen LogP contribution in [0.25, 0.3) is 0 Å². The molecular weight excluding hydrogens is 276 g/mol. The van der Waals surface area contributed by atoms with Crippen molar-refractivity contribution in [1.29, 1.82) is 0 Å². The highest BCUT2D eigenvalue weighted by Gasteiger charge is 2.26. The largest absolute Gasteiger partial charge is 0.465 e. The Labute approximate surface area is 134 Å². The van der Waals surface area contributed by atoms with Crippen molar-refractivity contribution in [1.82, 2.24) is 9.80 Å². The van der Waals surface area contributed by atoms with Crippen LogP contribution in [0.15, 0.2) is 28.7 Å². The van der Waals surface area contributed by atoms with Gasteiger partial charge in [0.1, 0.15) is 11.5 Å². The fraction of sp³-hybridized carbons (Fsp3) is 0.667. The zero-order chi connectivity index (χ0) is 15.9. The van der Waals surface area contributed by atoms with Crippen LogP contribution in [-0.4, -0.2) is 53.7 Å². The molecule has 0 saturated carbocycles. The van der Waals surface area contributed by atoms with E-state index < -0.39 is 0 Å². The Morgan fingerprint density at radius 1 is 1.36 bits per heavy atom. The molecule has 0 unspecified atom stereocenters. The maximum absolute atomic E-state index is 9.36. The van der Waals surface area contributed by atoms with E-state index in [0.717, 1.165) is 50.7 Å². The molecule has 1 fully saturated rings. The van der Waals surface area contributed by atoms with Gasteiger partial charge in [0.05, 0.1) is 6.54 Å². The standard InChI is InChI=1S/C18H30N2O2/c1-15(2)5-4-9-19-10-11-20(17(13-19)8-12-21)14-18-7-6-16(3)22-18/h4-7,15,17,21H,8-14H2,1-3H3/b5-4+/t17-/m0/s1. The first-order valence-electron chi connectivity index (χ1n) is 8.37. The number of allylic oxidation sites excluding steroid dienone is 1. The smallest absolute Gasteiger partial charge is 0.118 e. The van der Waals surface area contributed by atoms with Gasteiger partial charge in [0.25, 0.3) is 0 Å². The zero-order valence-corrected chi connectivity index (χ0v) is 14.2. The number of aryl methyl sites for hydroxylation is 1. The minimum atomic E-state index is 0.244. The van der Waals surface area contributed by atoms with Crippen molar-refractivity contribution in [2.75, 3.05) is 32.8 Å². The van der Waals surface area contributed by atoms with E-state index in [4.69, 9.17) is 4.42 Å². The van der Waals surface area contributed by atoms with Gasteiger partial charge in [-0.2, -0.15) is 0 Å². The predicted molar refractivity (Wildman–Crippen MR) is 89.8 cm³/mol. The van der Waals surface area contributed by atoms with Crippen molar-refractivity contribution in [3.05, 3.63) is 35.8 Å². The molecule has 1 aliphatic heterocycles. The second-order valence-electron chi connectivity index (χ2n) is 6.58. The number of hydrogen-bond donors (Lipinski definition) is 1. The minimum Gasteiger partial charge on any atom is -0.465 e. The molecular formula is C18H30N2O2. The number of rotatable bonds is 7. The summed E-state index contributed by atoms with van der Waals surface area (Å²) in [6, 6.07) is 4.48. The van der Waals surface area contributed by atoms with Crippen molar-refractivity contribution < 1.29 is 9.52 Å². The van der Waals surface area contributed by atoms with E-state index in [1.54, 1.807) is 0 Å². The van der Waals surface area contributed by atoms with Crippen LogP contribution >= 0.6 is 0 Å².